The number of anilines is 3. The van der Waals surface area contributed by atoms with Crippen molar-refractivity contribution in [3.05, 3.63) is 41.5 Å². The number of aromatic nitrogens is 2. The standard InChI is InChI=1S/C17H22N6/c1-11(2)18-17-19-15-14-13(21-22-15)8-9-23(16(14)20-17)10-12-6-4-3-5-7-12/h3-7,11,13,21H,8-10H2,1-2H3,(H2,18,19,20,22). The van der Waals surface area contributed by atoms with Crippen LogP contribution in [0.5, 0.6) is 0 Å². The lowest BCUT2D eigenvalue weighted by Gasteiger charge is -2.32. The van der Waals surface area contributed by atoms with E-state index in [4.69, 9.17) is 4.98 Å². The molecule has 1 aromatic carbocycles. The molecule has 0 aliphatic carbocycles. The fourth-order valence-corrected chi connectivity index (χ4v) is 3.23. The van der Waals surface area contributed by atoms with Crippen molar-refractivity contribution in [1.29, 1.82) is 0 Å². The Morgan fingerprint density at radius 3 is 2.87 bits per heavy atom. The van der Waals surface area contributed by atoms with Gasteiger partial charge in [-0.3, -0.25) is 0 Å². The number of hydrazine groups is 1. The number of benzene rings is 1. The summed E-state index contributed by atoms with van der Waals surface area (Å²) in [6.45, 7) is 6.05. The quantitative estimate of drug-likeness (QED) is 0.807. The van der Waals surface area contributed by atoms with Gasteiger partial charge in [0.05, 0.1) is 11.6 Å². The molecule has 0 fully saturated rings. The van der Waals surface area contributed by atoms with Gasteiger partial charge in [-0.25, -0.2) is 5.43 Å². The van der Waals surface area contributed by atoms with E-state index in [-0.39, 0.29) is 0 Å². The lowest BCUT2D eigenvalue weighted by molar-refractivity contribution is 0.534. The Kier molecular flexibility index (Phi) is 3.53. The van der Waals surface area contributed by atoms with Crippen LogP contribution in [-0.4, -0.2) is 22.6 Å². The van der Waals surface area contributed by atoms with Gasteiger partial charge in [-0.1, -0.05) is 30.3 Å². The third kappa shape index (κ3) is 2.70. The van der Waals surface area contributed by atoms with Gasteiger partial charge in [0.25, 0.3) is 0 Å². The van der Waals surface area contributed by atoms with Gasteiger partial charge in [0.15, 0.2) is 5.82 Å². The first-order valence-corrected chi connectivity index (χ1v) is 8.19. The van der Waals surface area contributed by atoms with E-state index in [1.165, 1.54) is 11.1 Å². The molecule has 1 unspecified atom stereocenters. The molecule has 1 atom stereocenters. The topological polar surface area (TPSA) is 65.1 Å². The van der Waals surface area contributed by atoms with Gasteiger partial charge in [-0.05, 0) is 25.8 Å². The molecule has 0 spiro atoms. The van der Waals surface area contributed by atoms with Crippen LogP contribution in [0.1, 0.15) is 37.4 Å². The van der Waals surface area contributed by atoms with Crippen molar-refractivity contribution in [2.45, 2.75) is 38.9 Å². The highest BCUT2D eigenvalue weighted by atomic mass is 15.4. The Morgan fingerprint density at radius 2 is 2.09 bits per heavy atom. The van der Waals surface area contributed by atoms with Crippen molar-refractivity contribution in [2.24, 2.45) is 0 Å². The van der Waals surface area contributed by atoms with E-state index in [0.29, 0.717) is 18.0 Å². The fraction of sp³-hybridized carbons (Fsp3) is 0.412. The van der Waals surface area contributed by atoms with Gasteiger partial charge < -0.3 is 15.6 Å². The maximum Gasteiger partial charge on any atom is 0.226 e. The van der Waals surface area contributed by atoms with Crippen molar-refractivity contribution in [1.82, 2.24) is 15.4 Å². The van der Waals surface area contributed by atoms with Gasteiger partial charge in [0, 0.05) is 19.1 Å². The highest BCUT2D eigenvalue weighted by molar-refractivity contribution is 5.67. The average molecular weight is 310 g/mol. The molecule has 0 bridgehead atoms. The largest absolute Gasteiger partial charge is 0.352 e. The second kappa shape index (κ2) is 5.70. The van der Waals surface area contributed by atoms with Gasteiger partial charge >= 0.3 is 0 Å². The van der Waals surface area contributed by atoms with Crippen molar-refractivity contribution in [3.63, 3.8) is 0 Å². The van der Waals surface area contributed by atoms with Crippen LogP contribution in [0.4, 0.5) is 17.6 Å². The minimum atomic E-state index is 0.302. The third-order valence-electron chi connectivity index (χ3n) is 4.26. The molecule has 0 saturated heterocycles. The maximum atomic E-state index is 4.81. The van der Waals surface area contributed by atoms with Crippen LogP contribution in [-0.2, 0) is 6.54 Å². The van der Waals surface area contributed by atoms with E-state index in [9.17, 15) is 0 Å². The molecule has 0 amide bonds. The fourth-order valence-electron chi connectivity index (χ4n) is 3.23. The summed E-state index contributed by atoms with van der Waals surface area (Å²) in [5.74, 6) is 2.63. The molecule has 4 rings (SSSR count). The van der Waals surface area contributed by atoms with Crippen molar-refractivity contribution >= 4 is 17.6 Å². The SMILES string of the molecule is CC(C)Nc1nc2c3c(n1)N(Cc1ccccc1)CCC3NN2. The predicted molar refractivity (Wildman–Crippen MR) is 92.4 cm³/mol. The molecule has 2 aliphatic heterocycles. The Balaban J connectivity index is 1.70. The minimum Gasteiger partial charge on any atom is -0.352 e. The first-order valence-electron chi connectivity index (χ1n) is 8.19. The zero-order chi connectivity index (χ0) is 15.8. The predicted octanol–water partition coefficient (Wildman–Crippen LogP) is 2.68. The van der Waals surface area contributed by atoms with Gasteiger partial charge in [-0.2, -0.15) is 9.97 Å². The van der Waals surface area contributed by atoms with Crippen LogP contribution >= 0.6 is 0 Å². The van der Waals surface area contributed by atoms with E-state index >= 15 is 0 Å². The van der Waals surface area contributed by atoms with Crippen LogP contribution in [0.2, 0.25) is 0 Å². The molecule has 2 aromatic rings. The summed E-state index contributed by atoms with van der Waals surface area (Å²) in [5, 5.41) is 3.32. The molecule has 120 valence electrons. The molecular formula is C17H22N6. The van der Waals surface area contributed by atoms with Gasteiger partial charge in [0.1, 0.15) is 5.82 Å². The molecular weight excluding hydrogens is 288 g/mol. The van der Waals surface area contributed by atoms with Gasteiger partial charge in [-0.15, -0.1) is 0 Å². The van der Waals surface area contributed by atoms with Crippen molar-refractivity contribution < 1.29 is 0 Å². The zero-order valence-electron chi connectivity index (χ0n) is 13.5. The van der Waals surface area contributed by atoms with Crippen LogP contribution in [0, 0.1) is 0 Å². The molecule has 3 N–H and O–H groups in total. The van der Waals surface area contributed by atoms with Crippen molar-refractivity contribution in [2.75, 3.05) is 22.2 Å². The maximum absolute atomic E-state index is 4.81. The Hall–Kier alpha value is -2.34. The third-order valence-corrected chi connectivity index (χ3v) is 4.26. The summed E-state index contributed by atoms with van der Waals surface area (Å²) in [5.41, 5.74) is 9.03. The summed E-state index contributed by atoms with van der Waals surface area (Å²) < 4.78 is 0. The zero-order valence-corrected chi connectivity index (χ0v) is 13.5. The van der Waals surface area contributed by atoms with E-state index in [1.54, 1.807) is 0 Å². The van der Waals surface area contributed by atoms with Crippen molar-refractivity contribution in [3.8, 4) is 0 Å². The average Bonchev–Trinajstić information content (AvgIpc) is 2.94. The molecule has 0 saturated carbocycles. The lowest BCUT2D eigenvalue weighted by Crippen LogP contribution is -2.34. The molecule has 3 heterocycles. The number of nitrogens with zero attached hydrogens (tertiary/aromatic N) is 3. The summed E-state index contributed by atoms with van der Waals surface area (Å²) in [6.07, 6.45) is 1.06. The molecule has 0 radical (unpaired) electrons. The first-order chi connectivity index (χ1) is 11.2. The lowest BCUT2D eigenvalue weighted by atomic mass is 10.0. The monoisotopic (exact) mass is 310 g/mol. The summed E-state index contributed by atoms with van der Waals surface area (Å²) in [4.78, 5) is 11.8. The van der Waals surface area contributed by atoms with E-state index in [0.717, 1.165) is 31.1 Å². The van der Waals surface area contributed by atoms with Crippen LogP contribution in [0.3, 0.4) is 0 Å². The molecule has 2 aliphatic rings. The number of nitrogens with one attached hydrogen (secondary N) is 3. The molecule has 23 heavy (non-hydrogen) atoms. The van der Waals surface area contributed by atoms with Crippen LogP contribution < -0.4 is 21.1 Å². The molecule has 6 nitrogen and oxygen atoms in total. The van der Waals surface area contributed by atoms with Gasteiger partial charge in [0.2, 0.25) is 5.95 Å². The Labute approximate surface area is 136 Å². The summed E-state index contributed by atoms with van der Waals surface area (Å²) in [7, 11) is 0. The van der Waals surface area contributed by atoms with Crippen LogP contribution in [0.15, 0.2) is 30.3 Å². The number of hydrogen-bond acceptors (Lipinski definition) is 6. The highest BCUT2D eigenvalue weighted by Crippen LogP contribution is 2.41. The summed E-state index contributed by atoms with van der Waals surface area (Å²) in [6, 6.07) is 11.2. The first kappa shape index (κ1) is 14.3. The second-order valence-corrected chi connectivity index (χ2v) is 6.45. The molecule has 1 aromatic heterocycles. The van der Waals surface area contributed by atoms with E-state index < -0.39 is 0 Å². The Morgan fingerprint density at radius 1 is 1.26 bits per heavy atom. The molecule has 6 heteroatoms. The second-order valence-electron chi connectivity index (χ2n) is 6.45. The van der Waals surface area contributed by atoms with Crippen LogP contribution in [0.25, 0.3) is 0 Å². The normalized spacial score (nSPS) is 18.7. The number of rotatable bonds is 4. The van der Waals surface area contributed by atoms with E-state index in [1.807, 2.05) is 0 Å². The Bertz CT molecular complexity index is 700. The number of hydrogen-bond donors (Lipinski definition) is 3. The highest BCUT2D eigenvalue weighted by Gasteiger charge is 2.34. The smallest absolute Gasteiger partial charge is 0.226 e. The minimum absolute atomic E-state index is 0.302. The van der Waals surface area contributed by atoms with E-state index in [2.05, 4.69) is 70.2 Å². The summed E-state index contributed by atoms with van der Waals surface area (Å²) >= 11 is 0.